The molecule has 1 amide bonds. The largest absolute Gasteiger partial charge is 0.497 e. The van der Waals surface area contributed by atoms with Crippen molar-refractivity contribution in [3.8, 4) is 11.5 Å². The van der Waals surface area contributed by atoms with Crippen LogP contribution in [0, 0.1) is 0 Å². The van der Waals surface area contributed by atoms with E-state index in [1.165, 1.54) is 14.2 Å². The first kappa shape index (κ1) is 14.5. The summed E-state index contributed by atoms with van der Waals surface area (Å²) in [5.41, 5.74) is 0.476. The molecule has 6 heteroatoms. The Balaban J connectivity index is 2.81. The van der Waals surface area contributed by atoms with Crippen LogP contribution >= 0.6 is 15.9 Å². The molecule has 0 aliphatic heterocycles. The number of carbonyl (C=O) groups is 2. The summed E-state index contributed by atoms with van der Waals surface area (Å²) in [4.78, 5) is 22.7. The number of alkyl halides is 1. The Bertz CT molecular complexity index is 448. The zero-order valence-corrected chi connectivity index (χ0v) is 11.7. The fourth-order valence-corrected chi connectivity index (χ4v) is 1.53. The van der Waals surface area contributed by atoms with Crippen molar-refractivity contribution in [3.05, 3.63) is 18.2 Å². The van der Waals surface area contributed by atoms with Crippen LogP contribution in [0.5, 0.6) is 11.5 Å². The van der Waals surface area contributed by atoms with E-state index in [0.29, 0.717) is 17.2 Å². The molecule has 0 spiro atoms. The van der Waals surface area contributed by atoms with Crippen molar-refractivity contribution in [3.63, 3.8) is 0 Å². The Hall–Kier alpha value is -1.56. The Morgan fingerprint density at radius 2 is 2.00 bits per heavy atom. The standard InChI is InChI=1S/C12H14BrNO4/c1-17-9-3-4-11(18-2)10(6-9)14-12(16)5-8(15)7-13/h3-4,6H,5,7H2,1-2H3,(H,14,16). The highest BCUT2D eigenvalue weighted by Crippen LogP contribution is 2.28. The second-order valence-electron chi connectivity index (χ2n) is 3.46. The predicted octanol–water partition coefficient (Wildman–Crippen LogP) is 2.00. The molecule has 18 heavy (non-hydrogen) atoms. The molecule has 0 saturated heterocycles. The van der Waals surface area contributed by atoms with E-state index in [2.05, 4.69) is 21.2 Å². The summed E-state index contributed by atoms with van der Waals surface area (Å²) in [7, 11) is 3.03. The van der Waals surface area contributed by atoms with Crippen molar-refractivity contribution < 1.29 is 19.1 Å². The number of carbonyl (C=O) groups excluding carboxylic acids is 2. The van der Waals surface area contributed by atoms with Crippen molar-refractivity contribution in [2.24, 2.45) is 0 Å². The average Bonchev–Trinajstić information content (AvgIpc) is 2.38. The van der Waals surface area contributed by atoms with E-state index in [1.807, 2.05) is 0 Å². The van der Waals surface area contributed by atoms with Gasteiger partial charge in [-0.05, 0) is 12.1 Å². The van der Waals surface area contributed by atoms with E-state index in [1.54, 1.807) is 18.2 Å². The summed E-state index contributed by atoms with van der Waals surface area (Å²) in [5, 5.41) is 2.78. The van der Waals surface area contributed by atoms with Gasteiger partial charge >= 0.3 is 0 Å². The number of anilines is 1. The van der Waals surface area contributed by atoms with Gasteiger partial charge in [0.15, 0.2) is 5.78 Å². The molecule has 0 aromatic heterocycles. The first-order valence-electron chi connectivity index (χ1n) is 5.20. The van der Waals surface area contributed by atoms with E-state index in [-0.39, 0.29) is 23.4 Å². The monoisotopic (exact) mass is 315 g/mol. The molecule has 0 fully saturated rings. The third-order valence-corrected chi connectivity index (χ3v) is 2.81. The molecule has 1 N–H and O–H groups in total. The number of amides is 1. The van der Waals surface area contributed by atoms with Gasteiger partial charge in [-0.1, -0.05) is 15.9 Å². The maximum atomic E-state index is 11.6. The Labute approximate surface area is 114 Å². The van der Waals surface area contributed by atoms with Crippen LogP contribution in [-0.4, -0.2) is 31.2 Å². The molecule has 0 aliphatic rings. The van der Waals surface area contributed by atoms with Gasteiger partial charge in [0.1, 0.15) is 11.5 Å². The van der Waals surface area contributed by atoms with Gasteiger partial charge in [-0.15, -0.1) is 0 Å². The Kier molecular flexibility index (Phi) is 5.64. The maximum Gasteiger partial charge on any atom is 0.231 e. The van der Waals surface area contributed by atoms with Gasteiger partial charge in [0, 0.05) is 6.07 Å². The molecule has 0 heterocycles. The van der Waals surface area contributed by atoms with Gasteiger partial charge in [0.25, 0.3) is 0 Å². The summed E-state index contributed by atoms with van der Waals surface area (Å²) in [6.45, 7) is 0. The lowest BCUT2D eigenvalue weighted by Gasteiger charge is -2.11. The molecule has 0 bridgehead atoms. The number of halogens is 1. The molecule has 0 radical (unpaired) electrons. The summed E-state index contributed by atoms with van der Waals surface area (Å²) < 4.78 is 10.2. The van der Waals surface area contributed by atoms with Crippen molar-refractivity contribution in [1.29, 1.82) is 0 Å². The van der Waals surface area contributed by atoms with E-state index in [4.69, 9.17) is 9.47 Å². The zero-order valence-electron chi connectivity index (χ0n) is 10.2. The van der Waals surface area contributed by atoms with Crippen molar-refractivity contribution in [2.45, 2.75) is 6.42 Å². The van der Waals surface area contributed by atoms with Crippen molar-refractivity contribution in [2.75, 3.05) is 24.9 Å². The van der Waals surface area contributed by atoms with Crippen molar-refractivity contribution >= 4 is 33.3 Å². The molecule has 5 nitrogen and oxygen atoms in total. The normalized spacial score (nSPS) is 9.72. The molecule has 98 valence electrons. The zero-order chi connectivity index (χ0) is 13.5. The molecule has 1 aromatic carbocycles. The lowest BCUT2D eigenvalue weighted by Crippen LogP contribution is -2.17. The third-order valence-electron chi connectivity index (χ3n) is 2.19. The van der Waals surface area contributed by atoms with Gasteiger partial charge in [0.2, 0.25) is 5.91 Å². The number of hydrogen-bond acceptors (Lipinski definition) is 4. The second-order valence-corrected chi connectivity index (χ2v) is 4.02. The summed E-state index contributed by atoms with van der Waals surface area (Å²) in [6, 6.07) is 5.04. The summed E-state index contributed by atoms with van der Waals surface area (Å²) in [6.07, 6.45) is -0.175. The number of ether oxygens (including phenoxy) is 2. The highest BCUT2D eigenvalue weighted by Gasteiger charge is 2.12. The highest BCUT2D eigenvalue weighted by molar-refractivity contribution is 9.09. The van der Waals surface area contributed by atoms with E-state index in [9.17, 15) is 9.59 Å². The molecule has 0 atom stereocenters. The van der Waals surface area contributed by atoms with Crippen LogP contribution < -0.4 is 14.8 Å². The second kappa shape index (κ2) is 7.00. The Morgan fingerprint density at radius 3 is 2.56 bits per heavy atom. The maximum absolute atomic E-state index is 11.6. The fourth-order valence-electron chi connectivity index (χ4n) is 1.33. The molecule has 1 aromatic rings. The van der Waals surface area contributed by atoms with Gasteiger partial charge in [-0.3, -0.25) is 9.59 Å². The number of methoxy groups -OCH3 is 2. The lowest BCUT2D eigenvalue weighted by atomic mass is 10.2. The van der Waals surface area contributed by atoms with Crippen LogP contribution in [0.15, 0.2) is 18.2 Å². The first-order chi connectivity index (χ1) is 8.60. The number of rotatable bonds is 6. The molecule has 0 aliphatic carbocycles. The minimum absolute atomic E-state index is 0.162. The van der Waals surface area contributed by atoms with E-state index in [0.717, 1.165) is 0 Å². The number of benzene rings is 1. The first-order valence-corrected chi connectivity index (χ1v) is 6.32. The van der Waals surface area contributed by atoms with Crippen molar-refractivity contribution in [1.82, 2.24) is 0 Å². The van der Waals surface area contributed by atoms with Gasteiger partial charge in [-0.25, -0.2) is 0 Å². The van der Waals surface area contributed by atoms with Crippen LogP contribution in [0.2, 0.25) is 0 Å². The molecule has 0 saturated carbocycles. The molecular formula is C12H14BrNO4. The number of hydrogen-bond donors (Lipinski definition) is 1. The highest BCUT2D eigenvalue weighted by atomic mass is 79.9. The minimum Gasteiger partial charge on any atom is -0.497 e. The summed E-state index contributed by atoms with van der Waals surface area (Å²) >= 11 is 3.01. The minimum atomic E-state index is -0.383. The summed E-state index contributed by atoms with van der Waals surface area (Å²) in [5.74, 6) is 0.536. The third kappa shape index (κ3) is 4.03. The molecule has 0 unspecified atom stereocenters. The fraction of sp³-hybridized carbons (Fsp3) is 0.333. The lowest BCUT2D eigenvalue weighted by molar-refractivity contribution is -0.123. The number of Topliss-reactive ketones (excluding diaryl/α,β-unsaturated/α-hetero) is 1. The van der Waals surface area contributed by atoms with Crippen LogP contribution in [-0.2, 0) is 9.59 Å². The van der Waals surface area contributed by atoms with E-state index >= 15 is 0 Å². The van der Waals surface area contributed by atoms with Gasteiger partial charge < -0.3 is 14.8 Å². The van der Waals surface area contributed by atoms with Crippen LogP contribution in [0.4, 0.5) is 5.69 Å². The van der Waals surface area contributed by atoms with Crippen LogP contribution in [0.3, 0.4) is 0 Å². The quantitative estimate of drug-likeness (QED) is 0.644. The van der Waals surface area contributed by atoms with Gasteiger partial charge in [0.05, 0.1) is 31.7 Å². The Morgan fingerprint density at radius 1 is 1.28 bits per heavy atom. The molecule has 1 rings (SSSR count). The van der Waals surface area contributed by atoms with E-state index < -0.39 is 0 Å². The topological polar surface area (TPSA) is 64.6 Å². The number of ketones is 1. The van der Waals surface area contributed by atoms with Crippen LogP contribution in [0.1, 0.15) is 6.42 Å². The molecular weight excluding hydrogens is 302 g/mol. The SMILES string of the molecule is COc1ccc(OC)c(NC(=O)CC(=O)CBr)c1. The number of nitrogens with one attached hydrogen (secondary N) is 1. The van der Waals surface area contributed by atoms with Crippen LogP contribution in [0.25, 0.3) is 0 Å². The van der Waals surface area contributed by atoms with Gasteiger partial charge in [-0.2, -0.15) is 0 Å². The smallest absolute Gasteiger partial charge is 0.231 e. The average molecular weight is 316 g/mol. The predicted molar refractivity (Wildman–Crippen MR) is 71.6 cm³/mol.